The van der Waals surface area contributed by atoms with Crippen LogP contribution in [-0.2, 0) is 10.0 Å². The zero-order valence-corrected chi connectivity index (χ0v) is 12.2. The Morgan fingerprint density at radius 1 is 1.06 bits per heavy atom. The minimum absolute atomic E-state index is 0.386. The number of sulfonamides is 1. The summed E-state index contributed by atoms with van der Waals surface area (Å²) in [6, 6.07) is 0.492. The van der Waals surface area contributed by atoms with Crippen LogP contribution in [0.1, 0.15) is 44.9 Å². The fourth-order valence-corrected chi connectivity index (χ4v) is 5.09. The molecule has 18 heavy (non-hydrogen) atoms. The summed E-state index contributed by atoms with van der Waals surface area (Å²) in [5, 5.41) is 3.24. The maximum atomic E-state index is 12.4. The molecule has 0 aromatic carbocycles. The number of hydrogen-bond donors (Lipinski definition) is 1. The summed E-state index contributed by atoms with van der Waals surface area (Å²) < 4.78 is 26.4. The van der Waals surface area contributed by atoms with Crippen LogP contribution in [0.2, 0.25) is 0 Å². The van der Waals surface area contributed by atoms with Gasteiger partial charge in [-0.3, -0.25) is 0 Å². The quantitative estimate of drug-likeness (QED) is 0.847. The normalized spacial score (nSPS) is 25.4. The van der Waals surface area contributed by atoms with Crippen LogP contribution in [0.25, 0.3) is 0 Å². The molecule has 1 aliphatic carbocycles. The second kappa shape index (κ2) is 6.35. The predicted molar refractivity (Wildman–Crippen MR) is 74.0 cm³/mol. The van der Waals surface area contributed by atoms with Crippen molar-refractivity contribution in [2.45, 2.75) is 51.0 Å². The van der Waals surface area contributed by atoms with Crippen molar-refractivity contribution in [3.05, 3.63) is 0 Å². The summed E-state index contributed by atoms with van der Waals surface area (Å²) in [7, 11) is -1.05. The Balaban J connectivity index is 1.86. The summed E-state index contributed by atoms with van der Waals surface area (Å²) in [6.07, 6.45) is 7.80. The minimum atomic E-state index is -3.01. The molecule has 1 saturated heterocycles. The van der Waals surface area contributed by atoms with Crippen molar-refractivity contribution < 1.29 is 8.42 Å². The molecule has 2 aliphatic rings. The van der Waals surface area contributed by atoms with Gasteiger partial charge < -0.3 is 5.32 Å². The van der Waals surface area contributed by atoms with E-state index in [0.29, 0.717) is 30.8 Å². The Kier molecular flexibility index (Phi) is 5.04. The lowest BCUT2D eigenvalue weighted by molar-refractivity contribution is 0.293. The van der Waals surface area contributed by atoms with E-state index in [4.69, 9.17) is 0 Å². The van der Waals surface area contributed by atoms with Crippen molar-refractivity contribution in [1.82, 2.24) is 9.62 Å². The number of rotatable bonds is 4. The second-order valence-electron chi connectivity index (χ2n) is 5.74. The highest BCUT2D eigenvalue weighted by Crippen LogP contribution is 2.26. The first-order chi connectivity index (χ1) is 8.62. The summed E-state index contributed by atoms with van der Waals surface area (Å²) in [5.41, 5.74) is 0. The second-order valence-corrected chi connectivity index (χ2v) is 7.76. The SMILES string of the molecule is CNC1CCN(S(=O)(=O)CC2CCCCC2)CC1. The lowest BCUT2D eigenvalue weighted by atomic mass is 9.91. The Morgan fingerprint density at radius 2 is 1.67 bits per heavy atom. The monoisotopic (exact) mass is 274 g/mol. The molecule has 0 radical (unpaired) electrons. The van der Waals surface area contributed by atoms with Gasteiger partial charge in [0.2, 0.25) is 10.0 Å². The topological polar surface area (TPSA) is 49.4 Å². The molecule has 0 aromatic heterocycles. The zero-order valence-electron chi connectivity index (χ0n) is 11.4. The Labute approximate surface area is 111 Å². The van der Waals surface area contributed by atoms with Crippen LogP contribution >= 0.6 is 0 Å². The lowest BCUT2D eigenvalue weighted by Crippen LogP contribution is -2.45. The summed E-state index contributed by atoms with van der Waals surface area (Å²) in [4.78, 5) is 0. The zero-order chi connectivity index (χ0) is 13.0. The van der Waals surface area contributed by atoms with E-state index < -0.39 is 10.0 Å². The number of hydrogen-bond acceptors (Lipinski definition) is 3. The molecule has 106 valence electrons. The van der Waals surface area contributed by atoms with E-state index in [9.17, 15) is 8.42 Å². The van der Waals surface area contributed by atoms with Gasteiger partial charge in [-0.05, 0) is 38.6 Å². The highest BCUT2D eigenvalue weighted by molar-refractivity contribution is 7.89. The Morgan fingerprint density at radius 3 is 2.22 bits per heavy atom. The lowest BCUT2D eigenvalue weighted by Gasteiger charge is -2.32. The molecule has 5 heteroatoms. The van der Waals surface area contributed by atoms with E-state index in [1.807, 2.05) is 7.05 Å². The van der Waals surface area contributed by atoms with Crippen molar-refractivity contribution in [3.8, 4) is 0 Å². The molecular weight excluding hydrogens is 248 g/mol. The standard InChI is InChI=1S/C13H26N2O2S/c1-14-13-7-9-15(10-8-13)18(16,17)11-12-5-3-2-4-6-12/h12-14H,2-11H2,1H3. The van der Waals surface area contributed by atoms with E-state index >= 15 is 0 Å². The molecule has 0 atom stereocenters. The Hall–Kier alpha value is -0.130. The summed E-state index contributed by atoms with van der Waals surface area (Å²) >= 11 is 0. The van der Waals surface area contributed by atoms with E-state index in [-0.39, 0.29) is 0 Å². The van der Waals surface area contributed by atoms with Crippen molar-refractivity contribution in [2.75, 3.05) is 25.9 Å². The molecule has 2 fully saturated rings. The van der Waals surface area contributed by atoms with Crippen molar-refractivity contribution in [3.63, 3.8) is 0 Å². The predicted octanol–water partition coefficient (Wildman–Crippen LogP) is 1.58. The first-order valence-electron chi connectivity index (χ1n) is 7.27. The van der Waals surface area contributed by atoms with Crippen LogP contribution in [0, 0.1) is 5.92 Å². The summed E-state index contributed by atoms with van der Waals surface area (Å²) in [6.45, 7) is 1.39. The molecule has 0 aromatic rings. The molecule has 1 heterocycles. The minimum Gasteiger partial charge on any atom is -0.317 e. The van der Waals surface area contributed by atoms with Crippen LogP contribution in [0.4, 0.5) is 0 Å². The van der Waals surface area contributed by atoms with Gasteiger partial charge in [0.15, 0.2) is 0 Å². The number of piperidine rings is 1. The third-order valence-corrected chi connectivity index (χ3v) is 6.47. The van der Waals surface area contributed by atoms with E-state index in [1.54, 1.807) is 4.31 Å². The molecule has 0 unspecified atom stereocenters. The van der Waals surface area contributed by atoms with Gasteiger partial charge in [-0.15, -0.1) is 0 Å². The van der Waals surface area contributed by atoms with E-state index in [1.165, 1.54) is 19.3 Å². The average molecular weight is 274 g/mol. The third-order valence-electron chi connectivity index (χ3n) is 4.43. The van der Waals surface area contributed by atoms with Crippen molar-refractivity contribution in [2.24, 2.45) is 5.92 Å². The van der Waals surface area contributed by atoms with Crippen LogP contribution in [0.5, 0.6) is 0 Å². The van der Waals surface area contributed by atoms with Gasteiger partial charge in [-0.1, -0.05) is 19.3 Å². The average Bonchev–Trinajstić information content (AvgIpc) is 2.39. The highest BCUT2D eigenvalue weighted by atomic mass is 32.2. The van der Waals surface area contributed by atoms with Gasteiger partial charge in [-0.25, -0.2) is 12.7 Å². The molecule has 1 saturated carbocycles. The van der Waals surface area contributed by atoms with Crippen LogP contribution < -0.4 is 5.32 Å². The van der Waals surface area contributed by atoms with Gasteiger partial charge in [0.05, 0.1) is 5.75 Å². The fraction of sp³-hybridized carbons (Fsp3) is 1.00. The first kappa shape index (κ1) is 14.3. The molecule has 2 rings (SSSR count). The van der Waals surface area contributed by atoms with E-state index in [0.717, 1.165) is 25.7 Å². The summed E-state index contributed by atoms with van der Waals surface area (Å²) in [5.74, 6) is 0.794. The molecule has 1 aliphatic heterocycles. The first-order valence-corrected chi connectivity index (χ1v) is 8.88. The van der Waals surface area contributed by atoms with Gasteiger partial charge in [0.25, 0.3) is 0 Å². The van der Waals surface area contributed by atoms with Crippen molar-refractivity contribution >= 4 is 10.0 Å². The van der Waals surface area contributed by atoms with Gasteiger partial charge >= 0.3 is 0 Å². The molecule has 0 spiro atoms. The molecular formula is C13H26N2O2S. The number of nitrogens with zero attached hydrogens (tertiary/aromatic N) is 1. The molecule has 0 bridgehead atoms. The number of nitrogens with one attached hydrogen (secondary N) is 1. The maximum absolute atomic E-state index is 12.4. The fourth-order valence-electron chi connectivity index (χ4n) is 3.18. The molecule has 0 amide bonds. The molecule has 1 N–H and O–H groups in total. The van der Waals surface area contributed by atoms with Crippen LogP contribution in [0.15, 0.2) is 0 Å². The Bertz CT molecular complexity index is 342. The maximum Gasteiger partial charge on any atom is 0.214 e. The molecule has 4 nitrogen and oxygen atoms in total. The highest BCUT2D eigenvalue weighted by Gasteiger charge is 2.30. The van der Waals surface area contributed by atoms with Crippen LogP contribution in [0.3, 0.4) is 0 Å². The van der Waals surface area contributed by atoms with Crippen molar-refractivity contribution in [1.29, 1.82) is 0 Å². The van der Waals surface area contributed by atoms with Gasteiger partial charge in [-0.2, -0.15) is 0 Å². The largest absolute Gasteiger partial charge is 0.317 e. The van der Waals surface area contributed by atoms with Gasteiger partial charge in [0, 0.05) is 19.1 Å². The van der Waals surface area contributed by atoms with E-state index in [2.05, 4.69) is 5.32 Å². The van der Waals surface area contributed by atoms with Crippen LogP contribution in [-0.4, -0.2) is 44.7 Å². The third kappa shape index (κ3) is 3.68. The van der Waals surface area contributed by atoms with Gasteiger partial charge in [0.1, 0.15) is 0 Å². The smallest absolute Gasteiger partial charge is 0.214 e.